The van der Waals surface area contributed by atoms with Gasteiger partial charge in [-0.05, 0) is 59.3 Å². The molecule has 3 atom stereocenters. The fraction of sp³-hybridized carbons (Fsp3) is 0.824. The normalized spacial score (nSPS) is 26.5. The van der Waals surface area contributed by atoms with Crippen LogP contribution in [0.3, 0.4) is 0 Å². The molecule has 0 unspecified atom stereocenters. The Morgan fingerprint density at radius 3 is 1.70 bits per heavy atom. The number of nitrogens with zero attached hydrogens (tertiary/aromatic N) is 1. The molecule has 0 spiro atoms. The Balaban J connectivity index is 2.04. The lowest BCUT2D eigenvalue weighted by Gasteiger charge is -2.29. The van der Waals surface area contributed by atoms with E-state index in [0.717, 1.165) is 4.90 Å². The Hall–Kier alpha value is -1.59. The second kappa shape index (κ2) is 5.80. The fourth-order valence-corrected chi connectivity index (χ4v) is 3.08. The lowest BCUT2D eigenvalue weighted by molar-refractivity contribution is -0.118. The highest BCUT2D eigenvalue weighted by molar-refractivity contribution is 5.88. The number of hydrogen-bond donors (Lipinski definition) is 0. The number of amides is 2. The van der Waals surface area contributed by atoms with Gasteiger partial charge in [-0.15, -0.1) is 0 Å². The van der Waals surface area contributed by atoms with E-state index in [2.05, 4.69) is 0 Å². The molecular weight excluding hydrogens is 298 g/mol. The summed E-state index contributed by atoms with van der Waals surface area (Å²) in [7, 11) is 0. The van der Waals surface area contributed by atoms with Crippen molar-refractivity contribution in [3.05, 3.63) is 0 Å². The van der Waals surface area contributed by atoms with Crippen LogP contribution in [-0.4, -0.2) is 40.6 Å². The van der Waals surface area contributed by atoms with Gasteiger partial charge in [-0.3, -0.25) is 4.79 Å². The van der Waals surface area contributed by atoms with Gasteiger partial charge in [0, 0.05) is 19.4 Å². The molecule has 23 heavy (non-hydrogen) atoms. The van der Waals surface area contributed by atoms with Crippen molar-refractivity contribution < 1.29 is 23.9 Å². The molecule has 0 aromatic heterocycles. The average molecular weight is 325 g/mol. The van der Waals surface area contributed by atoms with Crippen molar-refractivity contribution in [3.63, 3.8) is 0 Å². The first-order valence-electron chi connectivity index (χ1n) is 8.12. The van der Waals surface area contributed by atoms with E-state index < -0.39 is 23.4 Å². The van der Waals surface area contributed by atoms with Crippen LogP contribution in [-0.2, 0) is 14.3 Å². The summed E-state index contributed by atoms with van der Waals surface area (Å²) in [5.41, 5.74) is -1.38. The molecule has 0 aromatic carbocycles. The van der Waals surface area contributed by atoms with Gasteiger partial charge in [-0.25, -0.2) is 14.5 Å². The molecule has 0 aliphatic heterocycles. The summed E-state index contributed by atoms with van der Waals surface area (Å²) < 4.78 is 10.7. The third kappa shape index (κ3) is 4.69. The Bertz CT molecular complexity index is 472. The number of carbonyl (C=O) groups excluding carboxylic acids is 3. The quantitative estimate of drug-likeness (QED) is 0.778. The van der Waals surface area contributed by atoms with Crippen molar-refractivity contribution >= 4 is 18.0 Å². The first-order valence-corrected chi connectivity index (χ1v) is 8.12. The van der Waals surface area contributed by atoms with Gasteiger partial charge in [-0.2, -0.15) is 0 Å². The Kier molecular flexibility index (Phi) is 4.48. The number of fused-ring (bicyclic) bond motifs is 1. The number of ketones is 1. The fourth-order valence-electron chi connectivity index (χ4n) is 3.08. The first-order chi connectivity index (χ1) is 10.4. The Morgan fingerprint density at radius 2 is 1.35 bits per heavy atom. The van der Waals surface area contributed by atoms with Gasteiger partial charge >= 0.3 is 12.2 Å². The smallest absolute Gasteiger partial charge is 0.419 e. The van der Waals surface area contributed by atoms with E-state index in [1.54, 1.807) is 41.5 Å². The largest absolute Gasteiger partial charge is 0.443 e. The van der Waals surface area contributed by atoms with Crippen LogP contribution in [0, 0.1) is 17.8 Å². The highest BCUT2D eigenvalue weighted by atomic mass is 16.6. The van der Waals surface area contributed by atoms with Crippen molar-refractivity contribution in [2.75, 3.05) is 6.54 Å². The molecule has 6 nitrogen and oxygen atoms in total. The van der Waals surface area contributed by atoms with Crippen LogP contribution in [0.5, 0.6) is 0 Å². The minimum absolute atomic E-state index is 0.188. The lowest BCUT2D eigenvalue weighted by atomic mass is 10.1. The summed E-state index contributed by atoms with van der Waals surface area (Å²) in [6.07, 6.45) is -0.261. The third-order valence-electron chi connectivity index (χ3n) is 4.06. The van der Waals surface area contributed by atoms with Crippen molar-refractivity contribution in [2.24, 2.45) is 17.8 Å². The summed E-state index contributed by atoms with van der Waals surface area (Å²) >= 11 is 0. The maximum Gasteiger partial charge on any atom is 0.419 e. The zero-order chi connectivity index (χ0) is 17.6. The predicted octanol–water partition coefficient (Wildman–Crippen LogP) is 3.38. The highest BCUT2D eigenvalue weighted by Gasteiger charge is 2.57. The summed E-state index contributed by atoms with van der Waals surface area (Å²) in [6, 6.07) is 0. The van der Waals surface area contributed by atoms with Gasteiger partial charge in [-0.1, -0.05) is 0 Å². The SMILES string of the molecule is CC(C)(C)OC(=O)N(C[C@H]1[C@@H]2CC(=O)C[C@@H]21)C(=O)OC(C)(C)C. The van der Waals surface area contributed by atoms with E-state index in [1.165, 1.54) is 0 Å². The molecule has 2 rings (SSSR count). The minimum atomic E-state index is -0.692. The van der Waals surface area contributed by atoms with Crippen molar-refractivity contribution in [3.8, 4) is 0 Å². The Morgan fingerprint density at radius 1 is 0.957 bits per heavy atom. The molecule has 130 valence electrons. The maximum absolute atomic E-state index is 12.4. The summed E-state index contributed by atoms with van der Waals surface area (Å²) in [4.78, 5) is 37.1. The maximum atomic E-state index is 12.4. The zero-order valence-electron chi connectivity index (χ0n) is 14.8. The first kappa shape index (κ1) is 17.8. The number of ether oxygens (including phenoxy) is 2. The van der Waals surface area contributed by atoms with Gasteiger partial charge in [0.05, 0.1) is 0 Å². The lowest BCUT2D eigenvalue weighted by Crippen LogP contribution is -2.44. The van der Waals surface area contributed by atoms with Crippen molar-refractivity contribution in [2.45, 2.75) is 65.6 Å². The van der Waals surface area contributed by atoms with Crippen LogP contribution in [0.1, 0.15) is 54.4 Å². The van der Waals surface area contributed by atoms with Crippen LogP contribution in [0.2, 0.25) is 0 Å². The summed E-state index contributed by atoms with van der Waals surface area (Å²) in [6.45, 7) is 10.8. The molecule has 0 N–H and O–H groups in total. The van der Waals surface area contributed by atoms with E-state index in [9.17, 15) is 14.4 Å². The molecule has 0 bridgehead atoms. The highest BCUT2D eigenvalue weighted by Crippen LogP contribution is 2.56. The number of carbonyl (C=O) groups is 3. The van der Waals surface area contributed by atoms with E-state index in [1.807, 2.05) is 0 Å². The van der Waals surface area contributed by atoms with Crippen LogP contribution < -0.4 is 0 Å². The van der Waals surface area contributed by atoms with E-state index in [0.29, 0.717) is 24.7 Å². The van der Waals surface area contributed by atoms with Crippen LogP contribution in [0.4, 0.5) is 9.59 Å². The molecular formula is C17H27NO5. The van der Waals surface area contributed by atoms with E-state index in [4.69, 9.17) is 9.47 Å². The van der Waals surface area contributed by atoms with Gasteiger partial charge < -0.3 is 9.47 Å². The number of hydrogen-bond acceptors (Lipinski definition) is 5. The van der Waals surface area contributed by atoms with Crippen LogP contribution >= 0.6 is 0 Å². The van der Waals surface area contributed by atoms with Gasteiger partial charge in [0.15, 0.2) is 0 Å². The molecule has 0 saturated heterocycles. The van der Waals surface area contributed by atoms with Gasteiger partial charge in [0.25, 0.3) is 0 Å². The minimum Gasteiger partial charge on any atom is -0.443 e. The van der Waals surface area contributed by atoms with Gasteiger partial charge in [0.2, 0.25) is 0 Å². The monoisotopic (exact) mass is 325 g/mol. The van der Waals surface area contributed by atoms with Crippen LogP contribution in [0.25, 0.3) is 0 Å². The number of Topliss-reactive ketones (excluding diaryl/α,β-unsaturated/α-hetero) is 1. The number of rotatable bonds is 2. The molecule has 2 aliphatic carbocycles. The topological polar surface area (TPSA) is 72.9 Å². The zero-order valence-corrected chi connectivity index (χ0v) is 14.8. The molecule has 0 aromatic rings. The molecule has 0 heterocycles. The molecule has 2 aliphatic rings. The summed E-state index contributed by atoms with van der Waals surface area (Å²) in [5.74, 6) is 1.06. The second-order valence-corrected chi connectivity index (χ2v) is 8.51. The molecule has 2 saturated carbocycles. The van der Waals surface area contributed by atoms with Crippen LogP contribution in [0.15, 0.2) is 0 Å². The Labute approximate surface area is 137 Å². The number of imide groups is 1. The third-order valence-corrected chi connectivity index (χ3v) is 4.06. The standard InChI is InChI=1S/C17H27NO5/c1-16(2,3)22-14(20)18(15(21)23-17(4,5)6)9-13-11-7-10(19)8-12(11)13/h11-13H,7-9H2,1-6H3/t11-,12+,13+. The molecule has 2 amide bonds. The van der Waals surface area contributed by atoms with Gasteiger partial charge in [0.1, 0.15) is 17.0 Å². The molecule has 0 radical (unpaired) electrons. The summed E-state index contributed by atoms with van der Waals surface area (Å²) in [5, 5.41) is 0. The molecule has 2 fully saturated rings. The van der Waals surface area contributed by atoms with Crippen molar-refractivity contribution in [1.82, 2.24) is 4.90 Å². The second-order valence-electron chi connectivity index (χ2n) is 8.51. The average Bonchev–Trinajstić information content (AvgIpc) is 2.74. The predicted molar refractivity (Wildman–Crippen MR) is 83.9 cm³/mol. The van der Waals surface area contributed by atoms with E-state index in [-0.39, 0.29) is 18.2 Å². The molecule has 6 heteroatoms. The van der Waals surface area contributed by atoms with E-state index >= 15 is 0 Å². The van der Waals surface area contributed by atoms with Crippen molar-refractivity contribution in [1.29, 1.82) is 0 Å².